The molecule has 0 aliphatic carbocycles. The van der Waals surface area contributed by atoms with E-state index in [2.05, 4.69) is 0 Å². The maximum atomic E-state index is 12.3. The number of nitrogens with zero attached hydrogens (tertiary/aromatic N) is 1. The standard InChI is InChI=1S/C15H27NO5/c1-3-12(4-2)15(21)16(11-9-14(19)20)10-7-5-6-8-13(17)18/h12H,3-11H2,1-2H3,(H,17,18)(H,19,20). The third-order valence-electron chi connectivity index (χ3n) is 3.56. The van der Waals surface area contributed by atoms with Crippen LogP contribution in [0.3, 0.4) is 0 Å². The molecule has 0 aliphatic heterocycles. The van der Waals surface area contributed by atoms with Gasteiger partial charge in [0.25, 0.3) is 0 Å². The summed E-state index contributed by atoms with van der Waals surface area (Å²) in [7, 11) is 0. The number of carbonyl (C=O) groups is 3. The topological polar surface area (TPSA) is 94.9 Å². The lowest BCUT2D eigenvalue weighted by atomic mass is 10.0. The van der Waals surface area contributed by atoms with Gasteiger partial charge in [-0.3, -0.25) is 14.4 Å². The summed E-state index contributed by atoms with van der Waals surface area (Å²) in [6.07, 6.45) is 3.60. The Hall–Kier alpha value is -1.59. The Kier molecular flexibility index (Phi) is 10.3. The molecule has 2 N–H and O–H groups in total. The average molecular weight is 301 g/mol. The highest BCUT2D eigenvalue weighted by molar-refractivity contribution is 5.79. The Bertz CT molecular complexity index is 339. The quantitative estimate of drug-likeness (QED) is 0.540. The SMILES string of the molecule is CCC(CC)C(=O)N(CCCCCC(=O)O)CCC(=O)O. The van der Waals surface area contributed by atoms with E-state index < -0.39 is 11.9 Å². The van der Waals surface area contributed by atoms with Crippen molar-refractivity contribution in [2.24, 2.45) is 5.92 Å². The van der Waals surface area contributed by atoms with Crippen molar-refractivity contribution in [2.45, 2.75) is 58.8 Å². The Morgan fingerprint density at radius 2 is 1.43 bits per heavy atom. The molecule has 0 rings (SSSR count). The fraction of sp³-hybridized carbons (Fsp3) is 0.800. The molecule has 0 aromatic heterocycles. The second-order valence-electron chi connectivity index (χ2n) is 5.19. The zero-order valence-corrected chi connectivity index (χ0v) is 13.0. The Labute approximate surface area is 126 Å². The molecule has 0 aliphatic rings. The van der Waals surface area contributed by atoms with Gasteiger partial charge in [-0.2, -0.15) is 0 Å². The van der Waals surface area contributed by atoms with Crippen LogP contribution < -0.4 is 0 Å². The second-order valence-corrected chi connectivity index (χ2v) is 5.19. The van der Waals surface area contributed by atoms with Gasteiger partial charge >= 0.3 is 11.9 Å². The third-order valence-corrected chi connectivity index (χ3v) is 3.56. The number of carboxylic acids is 2. The van der Waals surface area contributed by atoms with E-state index in [9.17, 15) is 14.4 Å². The van der Waals surface area contributed by atoms with Crippen LogP contribution >= 0.6 is 0 Å². The van der Waals surface area contributed by atoms with Crippen molar-refractivity contribution >= 4 is 17.8 Å². The average Bonchev–Trinajstić information content (AvgIpc) is 2.42. The second kappa shape index (κ2) is 11.1. The molecule has 0 radical (unpaired) electrons. The van der Waals surface area contributed by atoms with Crippen LogP contribution in [0.15, 0.2) is 0 Å². The normalized spacial score (nSPS) is 10.6. The van der Waals surface area contributed by atoms with E-state index in [-0.39, 0.29) is 31.2 Å². The minimum absolute atomic E-state index is 0.0134. The lowest BCUT2D eigenvalue weighted by Gasteiger charge is -2.26. The molecule has 0 saturated carbocycles. The first kappa shape index (κ1) is 19.4. The first-order chi connectivity index (χ1) is 9.92. The van der Waals surface area contributed by atoms with Crippen molar-refractivity contribution in [2.75, 3.05) is 13.1 Å². The van der Waals surface area contributed by atoms with Crippen LogP contribution in [-0.4, -0.2) is 46.0 Å². The first-order valence-electron chi connectivity index (χ1n) is 7.64. The van der Waals surface area contributed by atoms with E-state index in [1.54, 1.807) is 4.90 Å². The van der Waals surface area contributed by atoms with Crippen molar-refractivity contribution in [3.63, 3.8) is 0 Å². The van der Waals surface area contributed by atoms with Crippen LogP contribution in [0, 0.1) is 5.92 Å². The molecule has 0 spiro atoms. The maximum Gasteiger partial charge on any atom is 0.305 e. The van der Waals surface area contributed by atoms with Crippen LogP contribution in [0.2, 0.25) is 0 Å². The van der Waals surface area contributed by atoms with Crippen molar-refractivity contribution in [1.82, 2.24) is 4.90 Å². The van der Waals surface area contributed by atoms with Crippen molar-refractivity contribution in [1.29, 1.82) is 0 Å². The molecular formula is C15H27NO5. The molecule has 122 valence electrons. The number of hydrogen-bond donors (Lipinski definition) is 2. The number of carboxylic acid groups (broad SMARTS) is 2. The van der Waals surface area contributed by atoms with Crippen LogP contribution in [0.1, 0.15) is 58.8 Å². The first-order valence-corrected chi connectivity index (χ1v) is 7.64. The fourth-order valence-corrected chi connectivity index (χ4v) is 2.21. The molecule has 6 nitrogen and oxygen atoms in total. The van der Waals surface area contributed by atoms with E-state index in [1.165, 1.54) is 0 Å². The van der Waals surface area contributed by atoms with Crippen molar-refractivity contribution in [3.8, 4) is 0 Å². The summed E-state index contributed by atoms with van der Waals surface area (Å²) in [6.45, 7) is 4.63. The molecule has 21 heavy (non-hydrogen) atoms. The van der Waals surface area contributed by atoms with Crippen LogP contribution in [-0.2, 0) is 14.4 Å². The number of amides is 1. The van der Waals surface area contributed by atoms with Crippen molar-refractivity contribution in [3.05, 3.63) is 0 Å². The molecule has 6 heteroatoms. The highest BCUT2D eigenvalue weighted by atomic mass is 16.4. The molecule has 0 heterocycles. The fourth-order valence-electron chi connectivity index (χ4n) is 2.21. The lowest BCUT2D eigenvalue weighted by Crippen LogP contribution is -2.38. The summed E-state index contributed by atoms with van der Waals surface area (Å²) in [5, 5.41) is 17.3. The summed E-state index contributed by atoms with van der Waals surface area (Å²) >= 11 is 0. The highest BCUT2D eigenvalue weighted by Gasteiger charge is 2.21. The minimum Gasteiger partial charge on any atom is -0.481 e. The Morgan fingerprint density at radius 3 is 1.90 bits per heavy atom. The van der Waals surface area contributed by atoms with E-state index >= 15 is 0 Å². The minimum atomic E-state index is -0.914. The third kappa shape index (κ3) is 9.05. The van der Waals surface area contributed by atoms with E-state index in [1.807, 2.05) is 13.8 Å². The summed E-state index contributed by atoms with van der Waals surface area (Å²) in [5.74, 6) is -1.77. The predicted molar refractivity (Wildman–Crippen MR) is 79.0 cm³/mol. The molecule has 0 bridgehead atoms. The number of hydrogen-bond acceptors (Lipinski definition) is 3. The smallest absolute Gasteiger partial charge is 0.305 e. The molecule has 0 unspecified atom stereocenters. The molecule has 0 atom stereocenters. The predicted octanol–water partition coefficient (Wildman–Crippen LogP) is 2.37. The van der Waals surface area contributed by atoms with Crippen LogP contribution in [0.4, 0.5) is 0 Å². The van der Waals surface area contributed by atoms with Gasteiger partial charge in [0.2, 0.25) is 5.91 Å². The van der Waals surface area contributed by atoms with E-state index in [0.717, 1.165) is 19.3 Å². The highest BCUT2D eigenvalue weighted by Crippen LogP contribution is 2.13. The van der Waals surface area contributed by atoms with Gasteiger partial charge in [-0.25, -0.2) is 0 Å². The van der Waals surface area contributed by atoms with E-state index in [4.69, 9.17) is 10.2 Å². The van der Waals surface area contributed by atoms with E-state index in [0.29, 0.717) is 19.4 Å². The molecular weight excluding hydrogens is 274 g/mol. The largest absolute Gasteiger partial charge is 0.481 e. The van der Waals surface area contributed by atoms with Crippen molar-refractivity contribution < 1.29 is 24.6 Å². The number of aliphatic carboxylic acids is 2. The lowest BCUT2D eigenvalue weighted by molar-refractivity contribution is -0.140. The monoisotopic (exact) mass is 301 g/mol. The summed E-state index contributed by atoms with van der Waals surface area (Å²) in [5.41, 5.74) is 0. The van der Waals surface area contributed by atoms with Gasteiger partial charge < -0.3 is 15.1 Å². The van der Waals surface area contributed by atoms with Crippen LogP contribution in [0.5, 0.6) is 0 Å². The van der Waals surface area contributed by atoms with Gasteiger partial charge in [0.15, 0.2) is 0 Å². The zero-order chi connectivity index (χ0) is 16.3. The van der Waals surface area contributed by atoms with Gasteiger partial charge in [0, 0.05) is 25.4 Å². The Morgan fingerprint density at radius 1 is 0.857 bits per heavy atom. The molecule has 1 amide bonds. The zero-order valence-electron chi connectivity index (χ0n) is 13.0. The molecule has 0 aromatic rings. The number of carbonyl (C=O) groups excluding carboxylic acids is 1. The molecule has 0 aromatic carbocycles. The van der Waals surface area contributed by atoms with Gasteiger partial charge in [0.05, 0.1) is 6.42 Å². The van der Waals surface area contributed by atoms with Gasteiger partial charge in [-0.15, -0.1) is 0 Å². The molecule has 0 saturated heterocycles. The summed E-state index contributed by atoms with van der Waals surface area (Å²) in [6, 6.07) is 0. The van der Waals surface area contributed by atoms with Gasteiger partial charge in [0.1, 0.15) is 0 Å². The molecule has 0 fully saturated rings. The number of unbranched alkanes of at least 4 members (excludes halogenated alkanes) is 2. The Balaban J connectivity index is 4.34. The summed E-state index contributed by atoms with van der Waals surface area (Å²) in [4.78, 5) is 35.0. The van der Waals surface area contributed by atoms with Gasteiger partial charge in [-0.05, 0) is 25.7 Å². The number of rotatable bonds is 12. The van der Waals surface area contributed by atoms with Gasteiger partial charge in [-0.1, -0.05) is 20.3 Å². The summed E-state index contributed by atoms with van der Waals surface area (Å²) < 4.78 is 0. The maximum absolute atomic E-state index is 12.3. The van der Waals surface area contributed by atoms with Crippen LogP contribution in [0.25, 0.3) is 0 Å².